The van der Waals surface area contributed by atoms with Gasteiger partial charge in [-0.2, -0.15) is 0 Å². The molecule has 0 saturated carbocycles. The molecule has 0 unspecified atom stereocenters. The summed E-state index contributed by atoms with van der Waals surface area (Å²) < 4.78 is 7.07. The highest BCUT2D eigenvalue weighted by Gasteiger charge is 2.18. The van der Waals surface area contributed by atoms with Gasteiger partial charge < -0.3 is 20.3 Å². The first-order valence-electron chi connectivity index (χ1n) is 8.83. The maximum atomic E-state index is 12.7. The van der Waals surface area contributed by atoms with Gasteiger partial charge in [0.05, 0.1) is 35.2 Å². The zero-order valence-corrected chi connectivity index (χ0v) is 18.0. The molecule has 0 spiro atoms. The van der Waals surface area contributed by atoms with E-state index in [9.17, 15) is 4.79 Å². The number of urea groups is 1. The third kappa shape index (κ3) is 5.18. The Balaban J connectivity index is 1.68. The molecule has 0 aromatic heterocycles. The van der Waals surface area contributed by atoms with Crippen molar-refractivity contribution < 1.29 is 9.53 Å². The van der Waals surface area contributed by atoms with Gasteiger partial charge in [-0.3, -0.25) is 0 Å². The van der Waals surface area contributed by atoms with Gasteiger partial charge >= 0.3 is 6.03 Å². The molecule has 6 nitrogen and oxygen atoms in total. The highest BCUT2D eigenvalue weighted by atomic mass is 127. The third-order valence-corrected chi connectivity index (χ3v) is 5.40. The lowest BCUT2D eigenvalue weighted by molar-refractivity contribution is 0.260. The molecule has 2 amide bonds. The van der Waals surface area contributed by atoms with E-state index in [2.05, 4.69) is 15.5 Å². The van der Waals surface area contributed by atoms with E-state index in [1.54, 1.807) is 18.2 Å². The van der Waals surface area contributed by atoms with Crippen molar-refractivity contribution >= 4 is 57.6 Å². The van der Waals surface area contributed by atoms with Gasteiger partial charge in [0.15, 0.2) is 0 Å². The standard InChI is InChI=1S/C19H22ClIN4O2/c1-2-27-18-8-3-14(20)13-17(18)25(21)19(26)23-15-4-6-16(7-5-15)24-11-9-22-10-12-24/h3-8,13,22H,2,9-12H2,1H3,(H,23,26). The Hall–Kier alpha value is -1.71. The lowest BCUT2D eigenvalue weighted by atomic mass is 10.2. The van der Waals surface area contributed by atoms with Gasteiger partial charge in [0.1, 0.15) is 5.75 Å². The minimum atomic E-state index is -0.270. The molecule has 0 aliphatic carbocycles. The second-order valence-corrected chi connectivity index (χ2v) is 7.44. The molecule has 27 heavy (non-hydrogen) atoms. The fourth-order valence-corrected chi connectivity index (χ4v) is 3.55. The minimum absolute atomic E-state index is 0.270. The number of carbonyl (C=O) groups is 1. The summed E-state index contributed by atoms with van der Waals surface area (Å²) in [6.45, 7) is 6.36. The van der Waals surface area contributed by atoms with Crippen molar-refractivity contribution in [1.82, 2.24) is 5.32 Å². The van der Waals surface area contributed by atoms with Crippen LogP contribution in [-0.2, 0) is 0 Å². The predicted octanol–water partition coefficient (Wildman–Crippen LogP) is 4.54. The van der Waals surface area contributed by atoms with Crippen LogP contribution in [0.1, 0.15) is 6.92 Å². The Kier molecular flexibility index (Phi) is 7.03. The molecule has 1 aliphatic rings. The molecular formula is C19H22ClIN4O2. The van der Waals surface area contributed by atoms with Crippen molar-refractivity contribution in [3.05, 3.63) is 47.5 Å². The van der Waals surface area contributed by atoms with E-state index < -0.39 is 0 Å². The van der Waals surface area contributed by atoms with Crippen LogP contribution in [0.5, 0.6) is 5.75 Å². The van der Waals surface area contributed by atoms with Gasteiger partial charge in [0, 0.05) is 42.6 Å². The van der Waals surface area contributed by atoms with E-state index >= 15 is 0 Å². The molecule has 1 saturated heterocycles. The van der Waals surface area contributed by atoms with Crippen LogP contribution >= 0.6 is 34.5 Å². The van der Waals surface area contributed by atoms with E-state index in [0.717, 1.165) is 37.6 Å². The summed E-state index contributed by atoms with van der Waals surface area (Å²) in [6, 6.07) is 12.9. The van der Waals surface area contributed by atoms with E-state index in [1.807, 2.05) is 54.1 Å². The fraction of sp³-hybridized carbons (Fsp3) is 0.316. The molecule has 1 fully saturated rings. The maximum absolute atomic E-state index is 12.7. The first-order valence-corrected chi connectivity index (χ1v) is 10.2. The van der Waals surface area contributed by atoms with Crippen LogP contribution < -0.4 is 23.4 Å². The zero-order valence-electron chi connectivity index (χ0n) is 15.0. The Morgan fingerprint density at radius 1 is 1.26 bits per heavy atom. The van der Waals surface area contributed by atoms with Crippen molar-refractivity contribution in [2.45, 2.75) is 6.92 Å². The van der Waals surface area contributed by atoms with Crippen molar-refractivity contribution in [3.8, 4) is 5.75 Å². The summed E-state index contributed by atoms with van der Waals surface area (Å²) in [5, 5.41) is 6.80. The summed E-state index contributed by atoms with van der Waals surface area (Å²) in [5.41, 5.74) is 2.51. The number of nitrogens with zero attached hydrogens (tertiary/aromatic N) is 2. The van der Waals surface area contributed by atoms with Crippen LogP contribution in [0.4, 0.5) is 21.9 Å². The zero-order chi connectivity index (χ0) is 19.2. The number of benzene rings is 2. The number of halogens is 2. The number of amides is 2. The lowest BCUT2D eigenvalue weighted by Gasteiger charge is -2.29. The molecule has 0 atom stereocenters. The number of ether oxygens (including phenoxy) is 1. The first kappa shape index (κ1) is 20.0. The SMILES string of the molecule is CCOc1ccc(Cl)cc1N(I)C(=O)Nc1ccc(N2CCNCC2)cc1. The Bertz CT molecular complexity index is 782. The van der Waals surface area contributed by atoms with Crippen LogP contribution in [0.2, 0.25) is 5.02 Å². The monoisotopic (exact) mass is 500 g/mol. The molecule has 2 aromatic rings. The molecule has 2 aromatic carbocycles. The molecule has 8 heteroatoms. The molecule has 0 radical (unpaired) electrons. The number of anilines is 3. The maximum Gasteiger partial charge on any atom is 0.335 e. The summed E-state index contributed by atoms with van der Waals surface area (Å²) in [5.74, 6) is 0.612. The van der Waals surface area contributed by atoms with Crippen LogP contribution in [0, 0.1) is 0 Å². The third-order valence-electron chi connectivity index (χ3n) is 4.21. The molecule has 3 rings (SSSR count). The van der Waals surface area contributed by atoms with Crippen molar-refractivity contribution in [1.29, 1.82) is 0 Å². The van der Waals surface area contributed by atoms with Gasteiger partial charge in [0.25, 0.3) is 0 Å². The smallest absolute Gasteiger partial charge is 0.335 e. The van der Waals surface area contributed by atoms with E-state index in [0.29, 0.717) is 23.1 Å². The van der Waals surface area contributed by atoms with E-state index in [1.165, 1.54) is 3.11 Å². The van der Waals surface area contributed by atoms with Gasteiger partial charge in [0.2, 0.25) is 0 Å². The van der Waals surface area contributed by atoms with Gasteiger partial charge in [-0.25, -0.2) is 7.91 Å². The van der Waals surface area contributed by atoms with Crippen LogP contribution in [-0.4, -0.2) is 38.8 Å². The summed E-state index contributed by atoms with van der Waals surface area (Å²) in [6.07, 6.45) is 0. The Morgan fingerprint density at radius 3 is 2.63 bits per heavy atom. The number of carbonyl (C=O) groups excluding carboxylic acids is 1. The normalized spacial score (nSPS) is 14.0. The van der Waals surface area contributed by atoms with Gasteiger partial charge in [-0.1, -0.05) is 11.6 Å². The van der Waals surface area contributed by atoms with Crippen LogP contribution in [0.25, 0.3) is 0 Å². The topological polar surface area (TPSA) is 56.8 Å². The van der Waals surface area contributed by atoms with Gasteiger partial charge in [-0.05, 0) is 49.4 Å². The quantitative estimate of drug-likeness (QED) is 0.468. The van der Waals surface area contributed by atoms with Crippen LogP contribution in [0.3, 0.4) is 0 Å². The first-order chi connectivity index (χ1) is 13.1. The highest BCUT2D eigenvalue weighted by Crippen LogP contribution is 2.34. The van der Waals surface area contributed by atoms with Crippen LogP contribution in [0.15, 0.2) is 42.5 Å². The molecule has 0 bridgehead atoms. The number of hydrogen-bond donors (Lipinski definition) is 2. The second-order valence-electron chi connectivity index (χ2n) is 6.04. The predicted molar refractivity (Wildman–Crippen MR) is 120 cm³/mol. The molecule has 2 N–H and O–H groups in total. The fourth-order valence-electron chi connectivity index (χ4n) is 2.88. The minimum Gasteiger partial charge on any atom is -0.492 e. The average Bonchev–Trinajstić information content (AvgIpc) is 2.70. The lowest BCUT2D eigenvalue weighted by Crippen LogP contribution is -2.43. The largest absolute Gasteiger partial charge is 0.492 e. The molecular weight excluding hydrogens is 479 g/mol. The number of hydrogen-bond acceptors (Lipinski definition) is 4. The van der Waals surface area contributed by atoms with Crippen molar-refractivity contribution in [3.63, 3.8) is 0 Å². The van der Waals surface area contributed by atoms with E-state index in [-0.39, 0.29) is 6.03 Å². The van der Waals surface area contributed by atoms with E-state index in [4.69, 9.17) is 16.3 Å². The Labute approximate surface area is 178 Å². The van der Waals surface area contributed by atoms with Gasteiger partial charge in [-0.15, -0.1) is 0 Å². The number of piperazine rings is 1. The highest BCUT2D eigenvalue weighted by molar-refractivity contribution is 14.1. The summed E-state index contributed by atoms with van der Waals surface area (Å²) in [4.78, 5) is 15.0. The Morgan fingerprint density at radius 2 is 1.96 bits per heavy atom. The average molecular weight is 501 g/mol. The number of rotatable bonds is 5. The molecule has 1 heterocycles. The summed E-state index contributed by atoms with van der Waals surface area (Å²) >= 11 is 8.04. The van der Waals surface area contributed by atoms with Crippen molar-refractivity contribution in [2.24, 2.45) is 0 Å². The summed E-state index contributed by atoms with van der Waals surface area (Å²) in [7, 11) is 0. The molecule has 144 valence electrons. The second kappa shape index (κ2) is 9.48. The van der Waals surface area contributed by atoms with Crippen molar-refractivity contribution in [2.75, 3.05) is 46.1 Å². The number of nitrogens with one attached hydrogen (secondary N) is 2. The molecule has 1 aliphatic heterocycles.